The van der Waals surface area contributed by atoms with Gasteiger partial charge in [0.1, 0.15) is 0 Å². The number of likely N-dealkylation sites (tertiary alicyclic amines) is 1. The van der Waals surface area contributed by atoms with Crippen molar-refractivity contribution in [3.05, 3.63) is 0 Å². The molecule has 0 aromatic heterocycles. The molecule has 4 nitrogen and oxygen atoms in total. The summed E-state index contributed by atoms with van der Waals surface area (Å²) in [5.74, 6) is 2.46. The average molecular weight is 271 g/mol. The topological polar surface area (TPSA) is 44.4 Å². The second kappa shape index (κ2) is 7.36. The highest BCUT2D eigenvalue weighted by atomic mass is 32.2. The van der Waals surface area contributed by atoms with E-state index in [9.17, 15) is 4.79 Å². The van der Waals surface area contributed by atoms with Crippen molar-refractivity contribution >= 4 is 17.7 Å². The normalized spacial score (nSPS) is 30.1. The van der Waals surface area contributed by atoms with Crippen molar-refractivity contribution in [1.82, 2.24) is 15.5 Å². The van der Waals surface area contributed by atoms with E-state index in [0.717, 1.165) is 31.8 Å². The highest BCUT2D eigenvalue weighted by Gasteiger charge is 2.22. The summed E-state index contributed by atoms with van der Waals surface area (Å²) in [5.41, 5.74) is 0. The lowest BCUT2D eigenvalue weighted by molar-refractivity contribution is -0.122. The number of hydrogen-bond acceptors (Lipinski definition) is 4. The van der Waals surface area contributed by atoms with Crippen LogP contribution in [0.2, 0.25) is 0 Å². The minimum atomic E-state index is 0.220. The molecule has 0 aliphatic carbocycles. The largest absolute Gasteiger partial charge is 0.352 e. The van der Waals surface area contributed by atoms with Crippen LogP contribution in [0.4, 0.5) is 0 Å². The van der Waals surface area contributed by atoms with Crippen molar-refractivity contribution in [3.8, 4) is 0 Å². The van der Waals surface area contributed by atoms with Crippen molar-refractivity contribution in [2.45, 2.75) is 38.3 Å². The van der Waals surface area contributed by atoms with E-state index in [1.165, 1.54) is 18.7 Å². The first-order chi connectivity index (χ1) is 8.78. The third kappa shape index (κ3) is 4.44. The number of amides is 1. The number of piperidine rings is 1. The summed E-state index contributed by atoms with van der Waals surface area (Å²) in [5, 5.41) is 6.62. The molecule has 2 N–H and O–H groups in total. The number of hydrogen-bond donors (Lipinski definition) is 2. The predicted molar refractivity (Wildman–Crippen MR) is 77.0 cm³/mol. The Bertz CT molecular complexity index is 269. The van der Waals surface area contributed by atoms with Crippen molar-refractivity contribution in [2.75, 3.05) is 37.7 Å². The summed E-state index contributed by atoms with van der Waals surface area (Å²) in [6, 6.07) is 0.733. The average Bonchev–Trinajstić information content (AvgIpc) is 2.40. The van der Waals surface area contributed by atoms with Gasteiger partial charge in [-0.2, -0.15) is 11.8 Å². The zero-order valence-electron chi connectivity index (χ0n) is 11.3. The van der Waals surface area contributed by atoms with E-state index in [1.807, 2.05) is 11.8 Å². The van der Waals surface area contributed by atoms with Crippen LogP contribution in [-0.2, 0) is 4.79 Å². The summed E-state index contributed by atoms with van der Waals surface area (Å²) < 4.78 is 0. The molecular weight excluding hydrogens is 246 g/mol. The van der Waals surface area contributed by atoms with Crippen LogP contribution >= 0.6 is 11.8 Å². The fraction of sp³-hybridized carbons (Fsp3) is 0.923. The van der Waals surface area contributed by atoms with Crippen molar-refractivity contribution in [2.24, 2.45) is 0 Å². The lowest BCUT2D eigenvalue weighted by atomic mass is 10.1. The van der Waals surface area contributed by atoms with Crippen LogP contribution in [0.3, 0.4) is 0 Å². The van der Waals surface area contributed by atoms with E-state index in [-0.39, 0.29) is 5.91 Å². The molecule has 0 bridgehead atoms. The van der Waals surface area contributed by atoms with Crippen LogP contribution in [0.5, 0.6) is 0 Å². The van der Waals surface area contributed by atoms with E-state index >= 15 is 0 Å². The lowest BCUT2D eigenvalue weighted by Gasteiger charge is -2.32. The summed E-state index contributed by atoms with van der Waals surface area (Å²) >= 11 is 1.94. The molecule has 0 radical (unpaired) electrons. The SMILES string of the molecule is CCN1CCCC(NC(=O)CC2CSCCN2)C1. The van der Waals surface area contributed by atoms with Gasteiger partial charge in [-0.25, -0.2) is 0 Å². The first kappa shape index (κ1) is 14.2. The van der Waals surface area contributed by atoms with Crippen molar-refractivity contribution in [1.29, 1.82) is 0 Å². The fourth-order valence-corrected chi connectivity index (χ4v) is 3.67. The Morgan fingerprint density at radius 2 is 2.44 bits per heavy atom. The van der Waals surface area contributed by atoms with Crippen LogP contribution in [0.1, 0.15) is 26.2 Å². The number of thioether (sulfide) groups is 1. The molecule has 2 heterocycles. The maximum absolute atomic E-state index is 12.0. The summed E-state index contributed by atoms with van der Waals surface area (Å²) in [4.78, 5) is 14.4. The second-order valence-corrected chi connectivity index (χ2v) is 6.38. The molecule has 18 heavy (non-hydrogen) atoms. The number of carbonyl (C=O) groups is 1. The molecule has 5 heteroatoms. The first-order valence-corrected chi connectivity index (χ1v) is 8.26. The molecule has 1 amide bonds. The smallest absolute Gasteiger partial charge is 0.221 e. The van der Waals surface area contributed by atoms with Crippen molar-refractivity contribution < 1.29 is 4.79 Å². The zero-order chi connectivity index (χ0) is 12.8. The lowest BCUT2D eigenvalue weighted by Crippen LogP contribution is -2.49. The van der Waals surface area contributed by atoms with Crippen LogP contribution in [0.25, 0.3) is 0 Å². The van der Waals surface area contributed by atoms with Gasteiger partial charge in [-0.05, 0) is 25.9 Å². The number of carbonyl (C=O) groups excluding carboxylic acids is 1. The Hall–Kier alpha value is -0.260. The van der Waals surface area contributed by atoms with Gasteiger partial charge in [0, 0.05) is 43.1 Å². The number of likely N-dealkylation sites (N-methyl/N-ethyl adjacent to an activating group) is 1. The van der Waals surface area contributed by atoms with Gasteiger partial charge in [-0.3, -0.25) is 4.79 Å². The maximum Gasteiger partial charge on any atom is 0.221 e. The van der Waals surface area contributed by atoms with Crippen LogP contribution in [-0.4, -0.2) is 60.6 Å². The Kier molecular flexibility index (Phi) is 5.79. The summed E-state index contributed by atoms with van der Waals surface area (Å²) in [7, 11) is 0. The van der Waals surface area contributed by atoms with Crippen LogP contribution in [0.15, 0.2) is 0 Å². The molecule has 2 atom stereocenters. The monoisotopic (exact) mass is 271 g/mol. The highest BCUT2D eigenvalue weighted by Crippen LogP contribution is 2.12. The quantitative estimate of drug-likeness (QED) is 0.789. The maximum atomic E-state index is 12.0. The first-order valence-electron chi connectivity index (χ1n) is 7.10. The molecule has 2 fully saturated rings. The molecule has 0 aromatic rings. The van der Waals surface area contributed by atoms with Gasteiger partial charge in [-0.15, -0.1) is 0 Å². The predicted octanol–water partition coefficient (Wildman–Crippen LogP) is 0.682. The highest BCUT2D eigenvalue weighted by molar-refractivity contribution is 7.99. The molecule has 2 rings (SSSR count). The standard InChI is InChI=1S/C13H25N3OS/c1-2-16-6-3-4-11(9-16)15-13(17)8-12-10-18-7-5-14-12/h11-12,14H,2-10H2,1H3,(H,15,17). The van der Waals surface area contributed by atoms with E-state index in [4.69, 9.17) is 0 Å². The number of nitrogens with zero attached hydrogens (tertiary/aromatic N) is 1. The minimum absolute atomic E-state index is 0.220. The molecule has 2 aliphatic heterocycles. The van der Waals surface area contributed by atoms with Gasteiger partial charge >= 0.3 is 0 Å². The van der Waals surface area contributed by atoms with Gasteiger partial charge in [0.25, 0.3) is 0 Å². The Morgan fingerprint density at radius 1 is 1.56 bits per heavy atom. The van der Waals surface area contributed by atoms with Gasteiger partial charge in [0.2, 0.25) is 5.91 Å². The summed E-state index contributed by atoms with van der Waals surface area (Å²) in [6.07, 6.45) is 2.97. The van der Waals surface area contributed by atoms with Gasteiger partial charge < -0.3 is 15.5 Å². The third-order valence-corrected chi connectivity index (χ3v) is 4.88. The van der Waals surface area contributed by atoms with E-state index in [2.05, 4.69) is 22.5 Å². The molecule has 2 saturated heterocycles. The summed E-state index contributed by atoms with van der Waals surface area (Å²) in [6.45, 7) is 6.52. The van der Waals surface area contributed by atoms with E-state index in [1.54, 1.807) is 0 Å². The third-order valence-electron chi connectivity index (χ3n) is 3.75. The molecule has 2 unspecified atom stereocenters. The molecule has 2 aliphatic rings. The zero-order valence-corrected chi connectivity index (χ0v) is 12.1. The van der Waals surface area contributed by atoms with Gasteiger partial charge in [0.05, 0.1) is 0 Å². The number of nitrogens with one attached hydrogen (secondary N) is 2. The minimum Gasteiger partial charge on any atom is -0.352 e. The van der Waals surface area contributed by atoms with Crippen molar-refractivity contribution in [3.63, 3.8) is 0 Å². The molecule has 0 aromatic carbocycles. The fourth-order valence-electron chi connectivity index (χ4n) is 2.72. The molecule has 0 spiro atoms. The van der Waals surface area contributed by atoms with Gasteiger partial charge in [-0.1, -0.05) is 6.92 Å². The van der Waals surface area contributed by atoms with E-state index < -0.39 is 0 Å². The Morgan fingerprint density at radius 3 is 3.17 bits per heavy atom. The Labute approximate surface area is 114 Å². The molecule has 0 saturated carbocycles. The second-order valence-electron chi connectivity index (χ2n) is 5.23. The van der Waals surface area contributed by atoms with Gasteiger partial charge in [0.15, 0.2) is 0 Å². The Balaban J connectivity index is 1.69. The molecule has 104 valence electrons. The van der Waals surface area contributed by atoms with Crippen LogP contribution in [0, 0.1) is 0 Å². The van der Waals surface area contributed by atoms with E-state index in [0.29, 0.717) is 18.5 Å². The van der Waals surface area contributed by atoms with Crippen LogP contribution < -0.4 is 10.6 Å². The molecular formula is C13H25N3OS. The number of rotatable bonds is 4.